The highest BCUT2D eigenvalue weighted by atomic mass is 19.4. The molecule has 0 spiro atoms. The molecule has 0 aliphatic heterocycles. The van der Waals surface area contributed by atoms with Gasteiger partial charge < -0.3 is 5.11 Å². The van der Waals surface area contributed by atoms with Gasteiger partial charge in [0.2, 0.25) is 0 Å². The average Bonchev–Trinajstić information content (AvgIpc) is 1.25. The summed E-state index contributed by atoms with van der Waals surface area (Å²) in [4.78, 5) is 9.00. The molecule has 50 valence electrons. The van der Waals surface area contributed by atoms with Gasteiger partial charge in [0.05, 0.1) is 0 Å². The predicted octanol–water partition coefficient (Wildman–Crippen LogP) is 1.27. The molecular weight excluding hydrogens is 125 g/mol. The molecule has 0 rings (SSSR count). The van der Waals surface area contributed by atoms with E-state index in [4.69, 9.17) is 9.90 Å². The van der Waals surface area contributed by atoms with Gasteiger partial charge in [0, 0.05) is 6.92 Å². The highest BCUT2D eigenvalue weighted by Gasteiger charge is 1.86. The second kappa shape index (κ2) is 6.26. The van der Waals surface area contributed by atoms with Crippen LogP contribution in [0.15, 0.2) is 0 Å². The molecule has 0 aliphatic rings. The SMILES string of the molecule is CC(=O)O.FC(F)F. The minimum absolute atomic E-state index is 0.833. The van der Waals surface area contributed by atoms with Crippen LogP contribution in [-0.4, -0.2) is 17.8 Å². The summed E-state index contributed by atoms with van der Waals surface area (Å²) in [6, 6.07) is 0. The number of carboxylic acid groups (broad SMARTS) is 1. The van der Waals surface area contributed by atoms with E-state index >= 15 is 0 Å². The first-order valence-electron chi connectivity index (χ1n) is 1.58. The van der Waals surface area contributed by atoms with E-state index in [2.05, 4.69) is 0 Å². The molecule has 0 unspecified atom stereocenters. The molecule has 0 aromatic heterocycles. The largest absolute Gasteiger partial charge is 0.481 e. The molecule has 0 aliphatic carbocycles. The van der Waals surface area contributed by atoms with Crippen molar-refractivity contribution < 1.29 is 23.1 Å². The second-order valence-corrected chi connectivity index (χ2v) is 0.766. The molecule has 0 fully saturated rings. The Kier molecular flexibility index (Phi) is 8.05. The summed E-state index contributed by atoms with van der Waals surface area (Å²) in [5.41, 5.74) is 0. The highest BCUT2D eigenvalue weighted by Crippen LogP contribution is 1.87. The first-order valence-corrected chi connectivity index (χ1v) is 1.58. The Hall–Kier alpha value is -0.740. The van der Waals surface area contributed by atoms with E-state index in [1.165, 1.54) is 0 Å². The van der Waals surface area contributed by atoms with Crippen molar-refractivity contribution in [3.63, 3.8) is 0 Å². The van der Waals surface area contributed by atoms with E-state index in [0.29, 0.717) is 0 Å². The van der Waals surface area contributed by atoms with Crippen LogP contribution in [0.1, 0.15) is 6.92 Å². The van der Waals surface area contributed by atoms with Crippen molar-refractivity contribution in [3.05, 3.63) is 0 Å². The molecule has 0 saturated heterocycles. The molecule has 0 aromatic carbocycles. The van der Waals surface area contributed by atoms with Gasteiger partial charge in [0.15, 0.2) is 0 Å². The molecule has 5 heteroatoms. The van der Waals surface area contributed by atoms with Crippen LogP contribution in [0.25, 0.3) is 0 Å². The van der Waals surface area contributed by atoms with E-state index in [1.807, 2.05) is 0 Å². The molecule has 0 bridgehead atoms. The van der Waals surface area contributed by atoms with Gasteiger partial charge in [-0.2, -0.15) is 13.2 Å². The van der Waals surface area contributed by atoms with Crippen LogP contribution in [-0.2, 0) is 4.79 Å². The molecule has 0 radical (unpaired) electrons. The molecule has 8 heavy (non-hydrogen) atoms. The third kappa shape index (κ3) is 174. The third-order valence-corrected chi connectivity index (χ3v) is 0. The van der Waals surface area contributed by atoms with Crippen molar-refractivity contribution in [1.29, 1.82) is 0 Å². The van der Waals surface area contributed by atoms with Crippen molar-refractivity contribution in [2.45, 2.75) is 13.6 Å². The zero-order chi connectivity index (χ0) is 7.15. The van der Waals surface area contributed by atoms with Crippen molar-refractivity contribution in [1.82, 2.24) is 0 Å². The number of aliphatic carboxylic acids is 1. The Morgan fingerprint density at radius 1 is 1.50 bits per heavy atom. The molecule has 0 amide bonds. The topological polar surface area (TPSA) is 37.3 Å². The van der Waals surface area contributed by atoms with Gasteiger partial charge in [-0.15, -0.1) is 0 Å². The van der Waals surface area contributed by atoms with Crippen molar-refractivity contribution in [2.75, 3.05) is 0 Å². The van der Waals surface area contributed by atoms with E-state index < -0.39 is 12.6 Å². The van der Waals surface area contributed by atoms with Crippen LogP contribution < -0.4 is 0 Å². The zero-order valence-electron chi connectivity index (χ0n) is 4.07. The maximum absolute atomic E-state index is 9.67. The lowest BCUT2D eigenvalue weighted by Gasteiger charge is -1.65. The monoisotopic (exact) mass is 130 g/mol. The van der Waals surface area contributed by atoms with Gasteiger partial charge in [-0.25, -0.2) is 0 Å². The molecule has 2 nitrogen and oxygen atoms in total. The van der Waals surface area contributed by atoms with Gasteiger partial charge in [-0.05, 0) is 0 Å². The standard InChI is InChI=1S/C2H4O2.CHF3/c1-2(3)4;2-1(3)4/h1H3,(H,3,4);1H. The fourth-order valence-corrected chi connectivity index (χ4v) is 0. The maximum Gasteiger partial charge on any atom is 0.379 e. The Balaban J connectivity index is 0. The normalized spacial score (nSPS) is 7.62. The third-order valence-electron chi connectivity index (χ3n) is 0. The van der Waals surface area contributed by atoms with Gasteiger partial charge in [-0.3, -0.25) is 4.79 Å². The molecule has 1 N–H and O–H groups in total. The highest BCUT2D eigenvalue weighted by molar-refractivity contribution is 5.62. The van der Waals surface area contributed by atoms with Crippen molar-refractivity contribution in [2.24, 2.45) is 0 Å². The second-order valence-electron chi connectivity index (χ2n) is 0.766. The van der Waals surface area contributed by atoms with Gasteiger partial charge in [-0.1, -0.05) is 0 Å². The number of hydrogen-bond acceptors (Lipinski definition) is 1. The minimum Gasteiger partial charge on any atom is -0.481 e. The van der Waals surface area contributed by atoms with Gasteiger partial charge >= 0.3 is 6.68 Å². The smallest absolute Gasteiger partial charge is 0.379 e. The van der Waals surface area contributed by atoms with Crippen LogP contribution in [0.4, 0.5) is 13.2 Å². The summed E-state index contributed by atoms with van der Waals surface area (Å²) < 4.78 is 29.0. The lowest BCUT2D eigenvalue weighted by molar-refractivity contribution is -0.134. The number of hydrogen-bond donors (Lipinski definition) is 1. The Bertz CT molecular complexity index is 56.8. The molecule has 0 aromatic rings. The Morgan fingerprint density at radius 2 is 1.50 bits per heavy atom. The van der Waals surface area contributed by atoms with E-state index in [-0.39, 0.29) is 0 Å². The van der Waals surface area contributed by atoms with E-state index in [9.17, 15) is 13.2 Å². The van der Waals surface area contributed by atoms with Crippen molar-refractivity contribution in [3.8, 4) is 0 Å². The number of carbonyl (C=O) groups is 1. The summed E-state index contributed by atoms with van der Waals surface area (Å²) >= 11 is 0. The van der Waals surface area contributed by atoms with Crippen LogP contribution in [0.5, 0.6) is 0 Å². The van der Waals surface area contributed by atoms with Crippen LogP contribution in [0.2, 0.25) is 0 Å². The fourth-order valence-electron chi connectivity index (χ4n) is 0. The molecule has 0 atom stereocenters. The first-order chi connectivity index (χ1) is 3.46. The fraction of sp³-hybridized carbons (Fsp3) is 0.667. The lowest BCUT2D eigenvalue weighted by Crippen LogP contribution is -1.78. The quantitative estimate of drug-likeness (QED) is 0.536. The number of carboxylic acids is 1. The first kappa shape index (κ1) is 10.3. The molecule has 0 saturated carbocycles. The predicted molar refractivity (Wildman–Crippen MR) is 20.4 cm³/mol. The van der Waals surface area contributed by atoms with E-state index in [1.54, 1.807) is 0 Å². The van der Waals surface area contributed by atoms with Crippen molar-refractivity contribution >= 4 is 5.97 Å². The summed E-state index contributed by atoms with van der Waals surface area (Å²) in [7, 11) is 0. The molecule has 0 heterocycles. The minimum atomic E-state index is -3.67. The van der Waals surface area contributed by atoms with Crippen LogP contribution in [0, 0.1) is 0 Å². The van der Waals surface area contributed by atoms with Gasteiger partial charge in [0.1, 0.15) is 0 Å². The number of rotatable bonds is 0. The molecular formula is C3H5F3O2. The van der Waals surface area contributed by atoms with E-state index in [0.717, 1.165) is 6.92 Å². The maximum atomic E-state index is 9.67. The van der Waals surface area contributed by atoms with Crippen LogP contribution in [0.3, 0.4) is 0 Å². The number of halogens is 3. The average molecular weight is 130 g/mol. The van der Waals surface area contributed by atoms with Crippen LogP contribution >= 0.6 is 0 Å². The Morgan fingerprint density at radius 3 is 1.50 bits per heavy atom. The van der Waals surface area contributed by atoms with Gasteiger partial charge in [0.25, 0.3) is 5.97 Å². The summed E-state index contributed by atoms with van der Waals surface area (Å²) in [5, 5.41) is 7.42. The summed E-state index contributed by atoms with van der Waals surface area (Å²) in [6.45, 7) is -2.58. The zero-order valence-corrected chi connectivity index (χ0v) is 4.07. The summed E-state index contributed by atoms with van der Waals surface area (Å²) in [6.07, 6.45) is 0. The lowest BCUT2D eigenvalue weighted by atomic mass is 10.9. The number of alkyl halides is 3. The Labute approximate surface area is 43.9 Å². The summed E-state index contributed by atoms with van der Waals surface area (Å²) in [5.74, 6) is -0.833.